The summed E-state index contributed by atoms with van der Waals surface area (Å²) in [6.07, 6.45) is 1.85. The average molecular weight is 401 g/mol. The van der Waals surface area contributed by atoms with Crippen LogP contribution in [0.3, 0.4) is 0 Å². The highest BCUT2D eigenvalue weighted by Crippen LogP contribution is 2.18. The lowest BCUT2D eigenvalue weighted by Gasteiger charge is -2.16. The van der Waals surface area contributed by atoms with Crippen LogP contribution in [0.5, 0.6) is 0 Å². The molecule has 1 aromatic rings. The van der Waals surface area contributed by atoms with Crippen LogP contribution in [0.25, 0.3) is 0 Å². The van der Waals surface area contributed by atoms with E-state index >= 15 is 0 Å². The van der Waals surface area contributed by atoms with Gasteiger partial charge >= 0.3 is 5.97 Å². The topological polar surface area (TPSA) is 122 Å². The normalized spacial score (nSPS) is 13.7. The standard InChI is InChI=1S/C16H20FN3O6S/c1-20(9-14(21)19-12-5-6-12)15(22)10-26-16(23)8-18-27(24,25)13-4-2-3-11(17)7-13/h2-4,7,12,18H,5-6,8-10H2,1H3,(H,19,21). The lowest BCUT2D eigenvalue weighted by atomic mass is 10.4. The van der Waals surface area contributed by atoms with Gasteiger partial charge in [0.2, 0.25) is 15.9 Å². The lowest BCUT2D eigenvalue weighted by molar-refractivity contribution is -0.151. The molecule has 2 rings (SSSR count). The second-order valence-electron chi connectivity index (χ2n) is 6.03. The molecule has 0 aromatic heterocycles. The van der Waals surface area contributed by atoms with E-state index in [1.807, 2.05) is 4.72 Å². The second-order valence-corrected chi connectivity index (χ2v) is 7.80. The molecule has 0 saturated heterocycles. The van der Waals surface area contributed by atoms with Gasteiger partial charge in [0.05, 0.1) is 11.4 Å². The molecule has 0 unspecified atom stereocenters. The van der Waals surface area contributed by atoms with Crippen molar-refractivity contribution in [3.8, 4) is 0 Å². The van der Waals surface area contributed by atoms with E-state index in [1.54, 1.807) is 0 Å². The van der Waals surface area contributed by atoms with Gasteiger partial charge in [0.1, 0.15) is 12.4 Å². The predicted octanol–water partition coefficient (Wildman–Crippen LogP) is -0.616. The summed E-state index contributed by atoms with van der Waals surface area (Å²) >= 11 is 0. The number of ether oxygens (including phenoxy) is 1. The quantitative estimate of drug-likeness (QED) is 0.532. The fourth-order valence-corrected chi connectivity index (χ4v) is 2.98. The monoisotopic (exact) mass is 401 g/mol. The van der Waals surface area contributed by atoms with Crippen molar-refractivity contribution in [3.05, 3.63) is 30.1 Å². The molecule has 2 N–H and O–H groups in total. The summed E-state index contributed by atoms with van der Waals surface area (Å²) in [5.74, 6) is -2.64. The molecule has 1 fully saturated rings. The predicted molar refractivity (Wildman–Crippen MR) is 91.3 cm³/mol. The summed E-state index contributed by atoms with van der Waals surface area (Å²) in [7, 11) is -2.71. The van der Waals surface area contributed by atoms with Crippen molar-refractivity contribution in [3.63, 3.8) is 0 Å². The van der Waals surface area contributed by atoms with Gasteiger partial charge in [-0.1, -0.05) is 6.07 Å². The Kier molecular flexibility index (Phi) is 6.86. The van der Waals surface area contributed by atoms with Crippen LogP contribution in [0.4, 0.5) is 4.39 Å². The zero-order chi connectivity index (χ0) is 20.0. The molecule has 148 valence electrons. The SMILES string of the molecule is CN(CC(=O)NC1CC1)C(=O)COC(=O)CNS(=O)(=O)c1cccc(F)c1. The van der Waals surface area contributed by atoms with Crippen molar-refractivity contribution in [1.29, 1.82) is 0 Å². The maximum Gasteiger partial charge on any atom is 0.321 e. The molecular formula is C16H20FN3O6S. The molecule has 0 atom stereocenters. The summed E-state index contributed by atoms with van der Waals surface area (Å²) in [5.41, 5.74) is 0. The first-order valence-corrected chi connectivity index (χ1v) is 9.60. The third kappa shape index (κ3) is 6.94. The molecule has 0 radical (unpaired) electrons. The number of carbonyl (C=O) groups excluding carboxylic acids is 3. The third-order valence-corrected chi connectivity index (χ3v) is 5.02. The number of nitrogens with one attached hydrogen (secondary N) is 2. The van der Waals surface area contributed by atoms with Gasteiger partial charge in [-0.05, 0) is 31.0 Å². The van der Waals surface area contributed by atoms with Crippen LogP contribution in [-0.2, 0) is 29.1 Å². The van der Waals surface area contributed by atoms with Gasteiger partial charge in [-0.15, -0.1) is 0 Å². The molecule has 27 heavy (non-hydrogen) atoms. The van der Waals surface area contributed by atoms with E-state index in [2.05, 4.69) is 5.32 Å². The minimum Gasteiger partial charge on any atom is -0.455 e. The molecule has 1 aliphatic carbocycles. The number of likely N-dealkylation sites (N-methyl/N-ethyl adjacent to an activating group) is 1. The number of hydrogen-bond donors (Lipinski definition) is 2. The summed E-state index contributed by atoms with van der Waals surface area (Å²) < 4.78 is 43.6. The Morgan fingerprint density at radius 1 is 1.30 bits per heavy atom. The number of hydrogen-bond acceptors (Lipinski definition) is 6. The summed E-state index contributed by atoms with van der Waals surface area (Å²) in [5, 5.41) is 2.72. The lowest BCUT2D eigenvalue weighted by Crippen LogP contribution is -2.41. The van der Waals surface area contributed by atoms with Gasteiger partial charge in [-0.3, -0.25) is 14.4 Å². The Morgan fingerprint density at radius 3 is 2.63 bits per heavy atom. The number of carbonyl (C=O) groups is 3. The van der Waals surface area contributed by atoms with Crippen molar-refractivity contribution in [2.45, 2.75) is 23.8 Å². The number of sulfonamides is 1. The van der Waals surface area contributed by atoms with Crippen molar-refractivity contribution in [2.75, 3.05) is 26.7 Å². The number of amides is 2. The maximum absolute atomic E-state index is 13.1. The first kappa shape index (κ1) is 20.8. The molecule has 11 heteroatoms. The molecule has 0 bridgehead atoms. The molecule has 2 amide bonds. The van der Waals surface area contributed by atoms with Crippen molar-refractivity contribution >= 4 is 27.8 Å². The molecule has 0 spiro atoms. The fourth-order valence-electron chi connectivity index (χ4n) is 1.98. The highest BCUT2D eigenvalue weighted by atomic mass is 32.2. The molecule has 0 aliphatic heterocycles. The summed E-state index contributed by atoms with van der Waals surface area (Å²) in [6.45, 7) is -1.52. The van der Waals surface area contributed by atoms with Crippen LogP contribution in [-0.4, -0.2) is 63.9 Å². The summed E-state index contributed by atoms with van der Waals surface area (Å²) in [4.78, 5) is 35.8. The van der Waals surface area contributed by atoms with E-state index in [9.17, 15) is 27.2 Å². The van der Waals surface area contributed by atoms with E-state index in [1.165, 1.54) is 19.2 Å². The van der Waals surface area contributed by atoms with Gasteiger partial charge in [-0.25, -0.2) is 12.8 Å². The zero-order valence-corrected chi connectivity index (χ0v) is 15.4. The Hall–Kier alpha value is -2.53. The van der Waals surface area contributed by atoms with Crippen LogP contribution in [0.1, 0.15) is 12.8 Å². The Morgan fingerprint density at radius 2 is 2.00 bits per heavy atom. The van der Waals surface area contributed by atoms with E-state index in [-0.39, 0.29) is 23.4 Å². The molecule has 1 saturated carbocycles. The largest absolute Gasteiger partial charge is 0.455 e. The first-order chi connectivity index (χ1) is 12.7. The molecule has 1 aromatic carbocycles. The number of rotatable bonds is 9. The van der Waals surface area contributed by atoms with E-state index in [4.69, 9.17) is 4.74 Å². The van der Waals surface area contributed by atoms with Crippen LogP contribution in [0, 0.1) is 5.82 Å². The van der Waals surface area contributed by atoms with Gasteiger partial charge in [0.15, 0.2) is 6.61 Å². The highest BCUT2D eigenvalue weighted by Gasteiger charge is 2.24. The van der Waals surface area contributed by atoms with Crippen molar-refractivity contribution < 1.29 is 31.9 Å². The van der Waals surface area contributed by atoms with Gasteiger partial charge in [-0.2, -0.15) is 4.72 Å². The van der Waals surface area contributed by atoms with Gasteiger partial charge in [0, 0.05) is 13.1 Å². The van der Waals surface area contributed by atoms with E-state index in [0.29, 0.717) is 0 Å². The van der Waals surface area contributed by atoms with Crippen LogP contribution in [0.15, 0.2) is 29.2 Å². The maximum atomic E-state index is 13.1. The van der Waals surface area contributed by atoms with Crippen molar-refractivity contribution in [2.24, 2.45) is 0 Å². The molecule has 1 aliphatic rings. The second kappa shape index (κ2) is 8.91. The van der Waals surface area contributed by atoms with Crippen LogP contribution >= 0.6 is 0 Å². The average Bonchev–Trinajstić information content (AvgIpc) is 3.41. The zero-order valence-electron chi connectivity index (χ0n) is 14.6. The minimum atomic E-state index is -4.09. The molecular weight excluding hydrogens is 381 g/mol. The van der Waals surface area contributed by atoms with Crippen LogP contribution in [0.2, 0.25) is 0 Å². The summed E-state index contributed by atoms with van der Waals surface area (Å²) in [6, 6.07) is 4.45. The highest BCUT2D eigenvalue weighted by molar-refractivity contribution is 7.89. The minimum absolute atomic E-state index is 0.168. The van der Waals surface area contributed by atoms with Gasteiger partial charge < -0.3 is 15.0 Å². The number of halogens is 1. The molecule has 9 nitrogen and oxygen atoms in total. The Bertz CT molecular complexity index is 825. The van der Waals surface area contributed by atoms with Gasteiger partial charge in [0.25, 0.3) is 5.91 Å². The number of esters is 1. The third-order valence-electron chi connectivity index (χ3n) is 3.62. The Labute approximate surface area is 155 Å². The first-order valence-electron chi connectivity index (χ1n) is 8.11. The number of nitrogens with zero attached hydrogens (tertiary/aromatic N) is 1. The molecule has 0 heterocycles. The van der Waals surface area contributed by atoms with E-state index in [0.717, 1.165) is 29.9 Å². The van der Waals surface area contributed by atoms with Crippen LogP contribution < -0.4 is 10.0 Å². The fraction of sp³-hybridized carbons (Fsp3) is 0.438. The van der Waals surface area contributed by atoms with E-state index < -0.39 is 40.9 Å². The number of benzene rings is 1. The Balaban J connectivity index is 1.73. The smallest absolute Gasteiger partial charge is 0.321 e. The van der Waals surface area contributed by atoms with Crippen molar-refractivity contribution in [1.82, 2.24) is 14.9 Å².